The molecule has 17 heavy (non-hydrogen) atoms. The monoisotopic (exact) mass is 236 g/mol. The second-order valence-electron chi connectivity index (χ2n) is 3.34. The molecule has 1 rings (SSSR count). The Balaban J connectivity index is 2.20. The van der Waals surface area contributed by atoms with E-state index in [9.17, 15) is 9.59 Å². The summed E-state index contributed by atoms with van der Waals surface area (Å²) >= 11 is 0. The highest BCUT2D eigenvalue weighted by molar-refractivity contribution is 5.82. The maximum absolute atomic E-state index is 11.3. The molecule has 0 atom stereocenters. The summed E-state index contributed by atoms with van der Waals surface area (Å²) in [5.41, 5.74) is 6.04. The molecule has 1 aromatic rings. The van der Waals surface area contributed by atoms with Crippen molar-refractivity contribution in [2.75, 3.05) is 12.0 Å². The lowest BCUT2D eigenvalue weighted by atomic mass is 10.3. The van der Waals surface area contributed by atoms with Crippen LogP contribution in [0.2, 0.25) is 0 Å². The Morgan fingerprint density at radius 1 is 1.18 bits per heavy atom. The number of amides is 1. The van der Waals surface area contributed by atoms with Gasteiger partial charge in [-0.2, -0.15) is 0 Å². The van der Waals surface area contributed by atoms with Gasteiger partial charge < -0.3 is 4.74 Å². The Hall–Kier alpha value is -2.04. The van der Waals surface area contributed by atoms with E-state index in [1.165, 1.54) is 0 Å². The van der Waals surface area contributed by atoms with Crippen molar-refractivity contribution in [3.8, 4) is 0 Å². The zero-order valence-corrected chi connectivity index (χ0v) is 9.73. The van der Waals surface area contributed by atoms with Crippen molar-refractivity contribution in [1.29, 1.82) is 0 Å². The number of carbonyl (C=O) groups is 2. The summed E-state index contributed by atoms with van der Waals surface area (Å²) in [7, 11) is 0. The number of benzene rings is 1. The molecule has 92 valence electrons. The summed E-state index contributed by atoms with van der Waals surface area (Å²) in [6.45, 7) is 2.07. The summed E-state index contributed by atoms with van der Waals surface area (Å²) in [6.07, 6.45) is 0.203. The van der Waals surface area contributed by atoms with Gasteiger partial charge in [0.2, 0.25) is 5.91 Å². The van der Waals surface area contributed by atoms with E-state index in [0.717, 1.165) is 5.69 Å². The zero-order chi connectivity index (χ0) is 12.5. The van der Waals surface area contributed by atoms with Gasteiger partial charge in [0.1, 0.15) is 0 Å². The molecule has 0 unspecified atom stereocenters. The van der Waals surface area contributed by atoms with Gasteiger partial charge >= 0.3 is 5.97 Å². The molecule has 0 aromatic heterocycles. The quantitative estimate of drug-likeness (QED) is 0.580. The van der Waals surface area contributed by atoms with E-state index in [0.29, 0.717) is 6.61 Å². The van der Waals surface area contributed by atoms with Gasteiger partial charge in [-0.25, -0.2) is 0 Å². The van der Waals surface area contributed by atoms with Gasteiger partial charge in [0.15, 0.2) is 0 Å². The number of nitrogens with one attached hydrogen (secondary N) is 2. The Labute approximate surface area is 100 Å². The number of rotatable bonds is 6. The second-order valence-corrected chi connectivity index (χ2v) is 3.34. The first-order valence-corrected chi connectivity index (χ1v) is 5.48. The summed E-state index contributed by atoms with van der Waals surface area (Å²) in [5, 5.41) is 0. The Morgan fingerprint density at radius 2 is 1.88 bits per heavy atom. The molecule has 0 saturated carbocycles. The first-order valence-electron chi connectivity index (χ1n) is 5.48. The van der Waals surface area contributed by atoms with E-state index < -0.39 is 0 Å². The van der Waals surface area contributed by atoms with Gasteiger partial charge in [-0.1, -0.05) is 18.2 Å². The third-order valence-corrected chi connectivity index (χ3v) is 1.98. The number of hydrazine groups is 1. The molecule has 0 radical (unpaired) electrons. The Morgan fingerprint density at radius 3 is 2.53 bits per heavy atom. The molecule has 0 aliphatic rings. The number of hydrogen-bond donors (Lipinski definition) is 2. The van der Waals surface area contributed by atoms with Crippen LogP contribution in [0, 0.1) is 0 Å². The second kappa shape index (κ2) is 7.27. The third kappa shape index (κ3) is 5.55. The molecule has 2 N–H and O–H groups in total. The van der Waals surface area contributed by atoms with E-state index in [2.05, 4.69) is 10.9 Å². The van der Waals surface area contributed by atoms with Crippen molar-refractivity contribution in [3.05, 3.63) is 30.3 Å². The SMILES string of the molecule is CCOC(=O)CCC(=O)NNc1ccccc1. The number of hydrogen-bond acceptors (Lipinski definition) is 4. The molecule has 5 heteroatoms. The van der Waals surface area contributed by atoms with Crippen LogP contribution >= 0.6 is 0 Å². The van der Waals surface area contributed by atoms with E-state index in [1.54, 1.807) is 6.92 Å². The predicted octanol–water partition coefficient (Wildman–Crippen LogP) is 1.47. The maximum atomic E-state index is 11.3. The molecular weight excluding hydrogens is 220 g/mol. The van der Waals surface area contributed by atoms with Crippen molar-refractivity contribution in [1.82, 2.24) is 5.43 Å². The molecule has 0 aliphatic heterocycles. The van der Waals surface area contributed by atoms with Gasteiger partial charge in [0.25, 0.3) is 0 Å². The number of ether oxygens (including phenoxy) is 1. The van der Waals surface area contributed by atoms with Crippen molar-refractivity contribution in [3.63, 3.8) is 0 Å². The maximum Gasteiger partial charge on any atom is 0.306 e. The minimum Gasteiger partial charge on any atom is -0.466 e. The summed E-state index contributed by atoms with van der Waals surface area (Å²) in [4.78, 5) is 22.3. The van der Waals surface area contributed by atoms with Crippen molar-refractivity contribution in [2.45, 2.75) is 19.8 Å². The topological polar surface area (TPSA) is 67.4 Å². The van der Waals surface area contributed by atoms with Crippen LogP contribution in [0.4, 0.5) is 5.69 Å². The van der Waals surface area contributed by atoms with E-state index in [-0.39, 0.29) is 24.7 Å². The molecule has 0 bridgehead atoms. The molecule has 1 amide bonds. The Bertz CT molecular complexity index is 365. The van der Waals surface area contributed by atoms with E-state index in [1.807, 2.05) is 30.3 Å². The molecule has 1 aromatic carbocycles. The fourth-order valence-electron chi connectivity index (χ4n) is 1.17. The zero-order valence-electron chi connectivity index (χ0n) is 9.73. The van der Waals surface area contributed by atoms with Crippen molar-refractivity contribution in [2.24, 2.45) is 0 Å². The minimum atomic E-state index is -0.359. The summed E-state index contributed by atoms with van der Waals surface area (Å²) in [5.74, 6) is -0.607. The van der Waals surface area contributed by atoms with Crippen LogP contribution in [0.5, 0.6) is 0 Å². The van der Waals surface area contributed by atoms with Crippen molar-refractivity contribution >= 4 is 17.6 Å². The molecule has 0 saturated heterocycles. The minimum absolute atomic E-state index is 0.0934. The molecule has 0 aliphatic carbocycles. The average Bonchev–Trinajstić information content (AvgIpc) is 2.35. The standard InChI is InChI=1S/C12H16N2O3/c1-2-17-12(16)9-8-11(15)14-13-10-6-4-3-5-7-10/h3-7,13H,2,8-9H2,1H3,(H,14,15). The first kappa shape index (κ1) is 13.0. The number of para-hydroxylation sites is 1. The van der Waals surface area contributed by atoms with E-state index in [4.69, 9.17) is 4.74 Å². The molecule has 0 fully saturated rings. The number of carbonyl (C=O) groups excluding carboxylic acids is 2. The van der Waals surface area contributed by atoms with Crippen LogP contribution in [0.15, 0.2) is 30.3 Å². The largest absolute Gasteiger partial charge is 0.466 e. The normalized spacial score (nSPS) is 9.47. The van der Waals surface area contributed by atoms with E-state index >= 15 is 0 Å². The van der Waals surface area contributed by atoms with Crippen molar-refractivity contribution < 1.29 is 14.3 Å². The highest BCUT2D eigenvalue weighted by Crippen LogP contribution is 2.02. The van der Waals surface area contributed by atoms with Gasteiger partial charge in [-0.15, -0.1) is 0 Å². The van der Waals surface area contributed by atoms with Crippen LogP contribution in [0.25, 0.3) is 0 Å². The lowest BCUT2D eigenvalue weighted by molar-refractivity contribution is -0.144. The molecule has 5 nitrogen and oxygen atoms in total. The highest BCUT2D eigenvalue weighted by atomic mass is 16.5. The summed E-state index contributed by atoms with van der Waals surface area (Å²) < 4.78 is 4.72. The van der Waals surface area contributed by atoms with Crippen LogP contribution in [0.3, 0.4) is 0 Å². The van der Waals surface area contributed by atoms with Gasteiger partial charge in [0.05, 0.1) is 18.7 Å². The molecule has 0 spiro atoms. The van der Waals surface area contributed by atoms with Gasteiger partial charge in [-0.3, -0.25) is 20.4 Å². The van der Waals surface area contributed by atoms with Crippen LogP contribution in [-0.4, -0.2) is 18.5 Å². The lowest BCUT2D eigenvalue weighted by Crippen LogP contribution is -2.29. The summed E-state index contributed by atoms with van der Waals surface area (Å²) in [6, 6.07) is 9.24. The fourth-order valence-corrected chi connectivity index (χ4v) is 1.17. The number of anilines is 1. The average molecular weight is 236 g/mol. The van der Waals surface area contributed by atoms with Crippen LogP contribution in [0.1, 0.15) is 19.8 Å². The smallest absolute Gasteiger partial charge is 0.306 e. The van der Waals surface area contributed by atoms with Crippen LogP contribution < -0.4 is 10.9 Å². The first-order chi connectivity index (χ1) is 8.22. The van der Waals surface area contributed by atoms with Crippen LogP contribution in [-0.2, 0) is 14.3 Å². The third-order valence-electron chi connectivity index (χ3n) is 1.98. The lowest BCUT2D eigenvalue weighted by Gasteiger charge is -2.07. The Kier molecular flexibility index (Phi) is 5.57. The fraction of sp³-hybridized carbons (Fsp3) is 0.333. The van der Waals surface area contributed by atoms with Gasteiger partial charge in [0, 0.05) is 6.42 Å². The highest BCUT2D eigenvalue weighted by Gasteiger charge is 2.06. The molecular formula is C12H16N2O3. The predicted molar refractivity (Wildman–Crippen MR) is 64.1 cm³/mol. The number of esters is 1. The molecule has 0 heterocycles. The van der Waals surface area contributed by atoms with Gasteiger partial charge in [-0.05, 0) is 19.1 Å².